The van der Waals surface area contributed by atoms with Crippen molar-refractivity contribution >= 4 is 11.9 Å². The molecule has 6 nitrogen and oxygen atoms in total. The Bertz CT molecular complexity index is 1050. The highest BCUT2D eigenvalue weighted by Crippen LogP contribution is 2.44. The number of dihydropyridines is 1. The molecule has 0 bridgehead atoms. The molecule has 0 saturated carbocycles. The van der Waals surface area contributed by atoms with Crippen molar-refractivity contribution in [1.82, 2.24) is 5.32 Å². The second-order valence-electron chi connectivity index (χ2n) is 7.10. The Morgan fingerprint density at radius 2 is 1.87 bits per heavy atom. The van der Waals surface area contributed by atoms with Gasteiger partial charge < -0.3 is 19.5 Å². The molecule has 1 N–H and O–H groups in total. The number of hydrogen-bond donors (Lipinski definition) is 1. The molecule has 31 heavy (non-hydrogen) atoms. The van der Waals surface area contributed by atoms with E-state index in [4.69, 9.17) is 14.2 Å². The molecule has 0 radical (unpaired) electrons. The Labute approximate surface area is 184 Å². The van der Waals surface area contributed by atoms with Crippen LogP contribution in [0.3, 0.4) is 0 Å². The second-order valence-corrected chi connectivity index (χ2v) is 7.10. The van der Waals surface area contributed by atoms with Crippen LogP contribution in [0, 0.1) is 0 Å². The number of cyclic esters (lactones) is 1. The summed E-state index contributed by atoms with van der Waals surface area (Å²) >= 11 is 0. The average molecular weight is 424 g/mol. The Balaban J connectivity index is 0.00000181. The lowest BCUT2D eigenvalue weighted by molar-refractivity contribution is -0.138. The molecule has 2 aliphatic heterocycles. The van der Waals surface area contributed by atoms with Crippen molar-refractivity contribution in [3.63, 3.8) is 0 Å². The molecule has 0 spiro atoms. The van der Waals surface area contributed by atoms with Gasteiger partial charge in [-0.1, -0.05) is 56.0 Å². The third kappa shape index (κ3) is 4.33. The van der Waals surface area contributed by atoms with E-state index in [-0.39, 0.29) is 22.1 Å². The molecule has 2 aromatic rings. The molecule has 0 amide bonds. The third-order valence-electron chi connectivity index (χ3n) is 5.17. The monoisotopic (exact) mass is 423 g/mol. The van der Waals surface area contributed by atoms with Crippen LogP contribution in [0.5, 0.6) is 5.75 Å². The quantitative estimate of drug-likeness (QED) is 0.691. The maximum absolute atomic E-state index is 12.8. The van der Waals surface area contributed by atoms with Gasteiger partial charge in [-0.15, -0.1) is 0 Å². The first kappa shape index (κ1) is 22.2. The average Bonchev–Trinajstić information content (AvgIpc) is 3.12. The topological polar surface area (TPSA) is 73.9 Å². The summed E-state index contributed by atoms with van der Waals surface area (Å²) in [6.45, 7) is 4.33. The van der Waals surface area contributed by atoms with Crippen molar-refractivity contribution in [2.24, 2.45) is 0 Å². The smallest absolute Gasteiger partial charge is 0.337 e. The number of ether oxygens (including phenoxy) is 3. The number of para-hydroxylation sites is 1. The van der Waals surface area contributed by atoms with E-state index >= 15 is 0 Å². The van der Waals surface area contributed by atoms with Crippen LogP contribution < -0.4 is 10.1 Å². The highest BCUT2D eigenvalue weighted by atomic mass is 16.5. The van der Waals surface area contributed by atoms with Gasteiger partial charge in [0.15, 0.2) is 0 Å². The lowest BCUT2D eigenvalue weighted by Crippen LogP contribution is -2.30. The van der Waals surface area contributed by atoms with Crippen LogP contribution in [-0.2, 0) is 25.7 Å². The van der Waals surface area contributed by atoms with Crippen LogP contribution in [-0.4, -0.2) is 25.2 Å². The number of nitrogens with one attached hydrogen (secondary N) is 1. The molecule has 6 heteroatoms. The summed E-state index contributed by atoms with van der Waals surface area (Å²) in [5.41, 5.74) is 3.89. The van der Waals surface area contributed by atoms with E-state index in [2.05, 4.69) is 5.32 Å². The predicted octanol–water partition coefficient (Wildman–Crippen LogP) is 4.48. The zero-order chi connectivity index (χ0) is 21.1. The molecule has 2 aliphatic rings. The largest absolute Gasteiger partial charge is 0.489 e. The summed E-state index contributed by atoms with van der Waals surface area (Å²) in [6.07, 6.45) is 0. The van der Waals surface area contributed by atoms with E-state index in [0.717, 1.165) is 11.1 Å². The first-order chi connectivity index (χ1) is 14.6. The predicted molar refractivity (Wildman–Crippen MR) is 119 cm³/mol. The van der Waals surface area contributed by atoms with Gasteiger partial charge in [0.2, 0.25) is 0 Å². The van der Waals surface area contributed by atoms with Crippen molar-refractivity contribution in [1.29, 1.82) is 0 Å². The van der Waals surface area contributed by atoms with E-state index < -0.39 is 17.9 Å². The summed E-state index contributed by atoms with van der Waals surface area (Å²) in [5, 5.41) is 3.15. The summed E-state index contributed by atoms with van der Waals surface area (Å²) in [7, 11) is 0. The molecule has 1 atom stereocenters. The fourth-order valence-corrected chi connectivity index (χ4v) is 3.84. The van der Waals surface area contributed by atoms with E-state index in [1.807, 2.05) is 54.6 Å². The molecular formula is C25H29NO5. The minimum atomic E-state index is -0.623. The Morgan fingerprint density at radius 3 is 2.61 bits per heavy atom. The van der Waals surface area contributed by atoms with Gasteiger partial charge in [0, 0.05) is 12.7 Å². The van der Waals surface area contributed by atoms with Crippen molar-refractivity contribution < 1.29 is 25.2 Å². The van der Waals surface area contributed by atoms with Gasteiger partial charge in [-0.2, -0.15) is 0 Å². The summed E-state index contributed by atoms with van der Waals surface area (Å²) in [4.78, 5) is 25.4. The first-order valence-corrected chi connectivity index (χ1v) is 9.90. The molecule has 164 valence electrons. The molecule has 0 saturated heterocycles. The zero-order valence-corrected chi connectivity index (χ0v) is 16.9. The van der Waals surface area contributed by atoms with Gasteiger partial charge in [0.25, 0.3) is 0 Å². The third-order valence-corrected chi connectivity index (χ3v) is 5.17. The fourth-order valence-electron chi connectivity index (χ4n) is 3.84. The number of hydrogen-bond acceptors (Lipinski definition) is 6. The summed E-state index contributed by atoms with van der Waals surface area (Å²) < 4.78 is 16.7. The number of allylic oxidation sites excluding steroid dienone is 1. The standard InChI is InChI=1S/C24H23NO5.CH4.H2/c1-3-28-23(26)20-15(2)25-18-14-30-24(27)22(18)21(20)17-11-7-8-12-19(17)29-13-16-9-5-4-6-10-16;;/h4-12,21,25H,3,13-14H2,1-2H3;1H4;1H/t21-;;/m0../s1. The zero-order valence-electron chi connectivity index (χ0n) is 16.9. The van der Waals surface area contributed by atoms with Crippen LogP contribution in [0.1, 0.15) is 39.7 Å². The van der Waals surface area contributed by atoms with E-state index in [9.17, 15) is 9.59 Å². The van der Waals surface area contributed by atoms with Crippen molar-refractivity contribution in [3.05, 3.63) is 88.3 Å². The van der Waals surface area contributed by atoms with Gasteiger partial charge >= 0.3 is 11.9 Å². The Kier molecular flexibility index (Phi) is 6.80. The molecule has 0 unspecified atom stereocenters. The van der Waals surface area contributed by atoms with Crippen LogP contribution in [0.2, 0.25) is 0 Å². The van der Waals surface area contributed by atoms with Gasteiger partial charge in [-0.05, 0) is 25.5 Å². The maximum atomic E-state index is 12.8. The maximum Gasteiger partial charge on any atom is 0.337 e. The Hall–Kier alpha value is -3.54. The minimum absolute atomic E-state index is 0. The fraction of sp³-hybridized carbons (Fsp3) is 0.280. The molecule has 4 rings (SSSR count). The number of carbonyl (C=O) groups excluding carboxylic acids is 2. The van der Waals surface area contributed by atoms with Gasteiger partial charge in [0.1, 0.15) is 19.0 Å². The molecule has 0 aliphatic carbocycles. The van der Waals surface area contributed by atoms with Gasteiger partial charge in [-0.3, -0.25) is 0 Å². The highest BCUT2D eigenvalue weighted by molar-refractivity contribution is 6.01. The van der Waals surface area contributed by atoms with Crippen LogP contribution in [0.15, 0.2) is 77.1 Å². The molecular weight excluding hydrogens is 394 g/mol. The first-order valence-electron chi connectivity index (χ1n) is 9.90. The summed E-state index contributed by atoms with van der Waals surface area (Å²) in [5.74, 6) is -0.914. The lowest BCUT2D eigenvalue weighted by atomic mass is 9.80. The molecule has 2 aromatic carbocycles. The highest BCUT2D eigenvalue weighted by Gasteiger charge is 2.42. The van der Waals surface area contributed by atoms with Crippen LogP contribution in [0.4, 0.5) is 0 Å². The minimum Gasteiger partial charge on any atom is -0.489 e. The SMILES string of the molecule is C.CCOC(=O)C1=C(C)NC2=C(C(=O)OC2)[C@H]1c1ccccc1OCc1ccccc1.[HH]. The molecule has 2 heterocycles. The van der Waals surface area contributed by atoms with Gasteiger partial charge in [0.05, 0.1) is 29.4 Å². The van der Waals surface area contributed by atoms with E-state index in [1.54, 1.807) is 13.8 Å². The summed E-state index contributed by atoms with van der Waals surface area (Å²) in [6, 6.07) is 17.3. The van der Waals surface area contributed by atoms with Crippen molar-refractivity contribution in [3.8, 4) is 5.75 Å². The number of benzene rings is 2. The number of rotatable bonds is 6. The van der Waals surface area contributed by atoms with Gasteiger partial charge in [-0.25, -0.2) is 9.59 Å². The Morgan fingerprint density at radius 1 is 1.16 bits per heavy atom. The second kappa shape index (κ2) is 9.51. The normalized spacial score (nSPS) is 17.4. The molecule has 0 fully saturated rings. The van der Waals surface area contributed by atoms with Crippen LogP contribution in [0.25, 0.3) is 0 Å². The number of esters is 2. The van der Waals surface area contributed by atoms with E-state index in [1.165, 1.54) is 0 Å². The lowest BCUT2D eigenvalue weighted by Gasteiger charge is -2.28. The molecule has 0 aromatic heterocycles. The van der Waals surface area contributed by atoms with Crippen LogP contribution >= 0.6 is 0 Å². The van der Waals surface area contributed by atoms with Crippen molar-refractivity contribution in [2.45, 2.75) is 33.8 Å². The van der Waals surface area contributed by atoms with E-state index in [0.29, 0.717) is 34.9 Å². The van der Waals surface area contributed by atoms with Crippen molar-refractivity contribution in [2.75, 3.05) is 13.2 Å². The number of carbonyl (C=O) groups is 2.